The second kappa shape index (κ2) is 23.3. The first-order valence-electron chi connectivity index (χ1n) is 37.2. The van der Waals surface area contributed by atoms with Crippen LogP contribution in [-0.2, 0) is 10.8 Å². The first kappa shape index (κ1) is 60.5. The summed E-state index contributed by atoms with van der Waals surface area (Å²) in [6.45, 7) is 0. The average Bonchev–Trinajstić information content (AvgIpc) is 1.64. The highest BCUT2D eigenvalue weighted by molar-refractivity contribution is 5.93. The van der Waals surface area contributed by atoms with E-state index >= 15 is 0 Å². The zero-order chi connectivity index (χ0) is 70.8. The van der Waals surface area contributed by atoms with Gasteiger partial charge in [0.05, 0.1) is 33.6 Å². The number of hydrogen-bond donors (Lipinski definition) is 0. The first-order valence-corrected chi connectivity index (χ1v) is 37.2. The van der Waals surface area contributed by atoms with Crippen LogP contribution >= 0.6 is 0 Å². The zero-order valence-corrected chi connectivity index (χ0v) is 58.4. The standard InChI is InChI=1S/C102H62N4O2/c1-3-21-63(22-4-1)89-59-91(65-43-39-61(40-44-65)67-47-51-73-71-25-9-11-29-81(71)101(87(73)57-67)83-31-13-17-35-93(83)107-94-36-18-14-32-84(94)101)105-99(103-89)69-49-53-77-79(55-69)97-75-27-7-8-28-76(75)98(77)80-56-70(50-54-78(80)97)100-104-90(64-23-5-2-6-24-64)60-92(106-100)66-45-41-62(42-46-66)68-48-52-74-72-26-10-12-30-82(72)102(88(74)58-68)85-33-15-19-37-95(85)108-96-38-20-16-34-86(96)102/h1-60,97-98H/t97-,98?/m1/s1. The third-order valence-electron chi connectivity index (χ3n) is 23.9. The van der Waals surface area contributed by atoms with Gasteiger partial charge < -0.3 is 9.47 Å². The minimum atomic E-state index is -0.554. The Balaban J connectivity index is 0.588. The van der Waals surface area contributed by atoms with Crippen molar-refractivity contribution < 1.29 is 9.47 Å². The topological polar surface area (TPSA) is 70.0 Å². The minimum absolute atomic E-state index is 0.0193. The molecule has 4 heterocycles. The summed E-state index contributed by atoms with van der Waals surface area (Å²) in [6, 6.07) is 132. The fourth-order valence-corrected chi connectivity index (χ4v) is 19.2. The van der Waals surface area contributed by atoms with Gasteiger partial charge in [-0.1, -0.05) is 303 Å². The van der Waals surface area contributed by atoms with Crippen LogP contribution in [0.25, 0.3) is 112 Å². The molecule has 2 bridgehead atoms. The number of para-hydroxylation sites is 4. The van der Waals surface area contributed by atoms with Crippen LogP contribution in [0.5, 0.6) is 23.0 Å². The summed E-state index contributed by atoms with van der Waals surface area (Å²) in [5.74, 6) is 4.86. The second-order valence-electron chi connectivity index (χ2n) is 29.3. The van der Waals surface area contributed by atoms with E-state index in [-0.39, 0.29) is 11.8 Å². The predicted octanol–water partition coefficient (Wildman–Crippen LogP) is 24.5. The number of aromatic nitrogens is 4. The lowest BCUT2D eigenvalue weighted by Gasteiger charge is -2.42. The van der Waals surface area contributed by atoms with Gasteiger partial charge in [-0.2, -0.15) is 0 Å². The van der Waals surface area contributed by atoms with Crippen molar-refractivity contribution >= 4 is 0 Å². The summed E-state index contributed by atoms with van der Waals surface area (Å²) >= 11 is 0. The van der Waals surface area contributed by atoms with Gasteiger partial charge in [0.15, 0.2) is 11.6 Å². The van der Waals surface area contributed by atoms with E-state index in [1.807, 2.05) is 0 Å². The molecule has 0 saturated carbocycles. The highest BCUT2D eigenvalue weighted by atomic mass is 16.5. The van der Waals surface area contributed by atoms with Crippen molar-refractivity contribution in [1.82, 2.24) is 19.9 Å². The molecule has 502 valence electrons. The molecule has 24 rings (SSSR count). The summed E-state index contributed by atoms with van der Waals surface area (Å²) in [5.41, 5.74) is 35.3. The lowest BCUT2D eigenvalue weighted by Crippen LogP contribution is -2.32. The molecule has 0 fully saturated rings. The molecule has 17 aromatic rings. The lowest BCUT2D eigenvalue weighted by molar-refractivity contribution is 0.436. The fraction of sp³-hybridized carbons (Fsp3) is 0.0392. The maximum Gasteiger partial charge on any atom is 0.160 e. The maximum atomic E-state index is 6.66. The van der Waals surface area contributed by atoms with E-state index in [2.05, 4.69) is 364 Å². The Morgan fingerprint density at radius 2 is 0.463 bits per heavy atom. The van der Waals surface area contributed by atoms with E-state index < -0.39 is 10.8 Å². The van der Waals surface area contributed by atoms with Crippen LogP contribution < -0.4 is 9.47 Å². The van der Waals surface area contributed by atoms with Crippen LogP contribution in [0.1, 0.15) is 89.7 Å². The lowest BCUT2D eigenvalue weighted by atomic mass is 9.61. The highest BCUT2D eigenvalue weighted by Gasteiger charge is 2.53. The van der Waals surface area contributed by atoms with E-state index in [9.17, 15) is 0 Å². The van der Waals surface area contributed by atoms with Gasteiger partial charge in [0.1, 0.15) is 23.0 Å². The van der Waals surface area contributed by atoms with Gasteiger partial charge in [-0.15, -0.1) is 0 Å². The van der Waals surface area contributed by atoms with Gasteiger partial charge in [-0.25, -0.2) is 19.9 Å². The Bertz CT molecular complexity index is 6150. The SMILES string of the molecule is c1ccc(-c2cc(-c3ccc(-c4ccc5c(c4)C4(c6ccccc6Oc6ccccc64)c4ccccc4-5)cc3)nc(-c3ccc4c(c3)C3c5ccccc5[C@H]4c4cc(-c5nc(-c6ccccc6)cc(-c6ccc(-c7ccc8c(c7)C7(c9ccccc9Oc9ccccc97)c7ccccc7-8)cc6)n5)ccc43)n2)cc1. The van der Waals surface area contributed by atoms with Crippen molar-refractivity contribution in [2.45, 2.75) is 22.7 Å². The first-order chi connectivity index (χ1) is 53.5. The summed E-state index contributed by atoms with van der Waals surface area (Å²) < 4.78 is 13.3. The molecule has 7 aliphatic rings. The number of rotatable bonds is 8. The molecule has 2 atom stereocenters. The molecular formula is C102H62N4O2. The van der Waals surface area contributed by atoms with Crippen molar-refractivity contribution in [1.29, 1.82) is 0 Å². The molecule has 6 nitrogen and oxygen atoms in total. The fourth-order valence-electron chi connectivity index (χ4n) is 19.2. The molecule has 0 amide bonds. The number of nitrogens with zero attached hydrogens (tertiary/aromatic N) is 4. The smallest absolute Gasteiger partial charge is 0.160 e. The molecule has 15 aromatic carbocycles. The van der Waals surface area contributed by atoms with Gasteiger partial charge >= 0.3 is 0 Å². The Kier molecular flexibility index (Phi) is 13.0. The van der Waals surface area contributed by atoms with Gasteiger partial charge in [-0.05, 0) is 161 Å². The van der Waals surface area contributed by atoms with E-state index in [4.69, 9.17) is 29.4 Å². The molecule has 108 heavy (non-hydrogen) atoms. The van der Waals surface area contributed by atoms with Crippen LogP contribution in [0.4, 0.5) is 0 Å². The molecule has 1 unspecified atom stereocenters. The molecule has 2 aliphatic heterocycles. The third-order valence-corrected chi connectivity index (χ3v) is 23.9. The van der Waals surface area contributed by atoms with Gasteiger partial charge in [0.25, 0.3) is 0 Å². The van der Waals surface area contributed by atoms with Crippen LogP contribution in [-0.4, -0.2) is 19.9 Å². The second-order valence-corrected chi connectivity index (χ2v) is 29.3. The largest absolute Gasteiger partial charge is 0.457 e. The molecule has 0 saturated heterocycles. The van der Waals surface area contributed by atoms with Crippen LogP contribution in [0.3, 0.4) is 0 Å². The Labute approximate surface area is 625 Å². The Hall–Kier alpha value is -13.9. The van der Waals surface area contributed by atoms with E-state index in [0.29, 0.717) is 11.6 Å². The third kappa shape index (κ3) is 8.77. The Morgan fingerprint density at radius 1 is 0.185 bits per heavy atom. The molecule has 0 radical (unpaired) electrons. The Morgan fingerprint density at radius 3 is 0.843 bits per heavy atom. The number of hydrogen-bond acceptors (Lipinski definition) is 6. The number of fused-ring (bicyclic) bond motifs is 18. The van der Waals surface area contributed by atoms with Gasteiger partial charge in [0.2, 0.25) is 0 Å². The van der Waals surface area contributed by atoms with Crippen molar-refractivity contribution in [3.8, 4) is 135 Å². The maximum absolute atomic E-state index is 6.66. The van der Waals surface area contributed by atoms with Crippen LogP contribution in [0, 0.1) is 0 Å². The molecule has 2 aromatic heterocycles. The summed E-state index contributed by atoms with van der Waals surface area (Å²) in [7, 11) is 0. The van der Waals surface area contributed by atoms with E-state index in [1.165, 1.54) is 77.9 Å². The van der Waals surface area contributed by atoms with Gasteiger partial charge in [-0.3, -0.25) is 0 Å². The molecule has 0 N–H and O–H groups in total. The zero-order valence-electron chi connectivity index (χ0n) is 58.4. The summed E-state index contributed by atoms with van der Waals surface area (Å²) in [6.07, 6.45) is 0. The molecular weight excluding hydrogens is 1310 g/mol. The quantitative estimate of drug-likeness (QED) is 0.151. The monoisotopic (exact) mass is 1370 g/mol. The van der Waals surface area contributed by atoms with E-state index in [1.54, 1.807) is 0 Å². The van der Waals surface area contributed by atoms with E-state index in [0.717, 1.165) is 124 Å². The minimum Gasteiger partial charge on any atom is -0.457 e. The molecule has 6 heteroatoms. The van der Waals surface area contributed by atoms with Crippen molar-refractivity contribution in [2.24, 2.45) is 0 Å². The van der Waals surface area contributed by atoms with Crippen molar-refractivity contribution in [3.63, 3.8) is 0 Å². The highest BCUT2D eigenvalue weighted by Crippen LogP contribution is 2.65. The normalized spacial score (nSPS) is 15.1. The van der Waals surface area contributed by atoms with Crippen LogP contribution in [0.15, 0.2) is 364 Å². The summed E-state index contributed by atoms with van der Waals surface area (Å²) in [5, 5.41) is 0. The van der Waals surface area contributed by atoms with Crippen molar-refractivity contribution in [3.05, 3.63) is 442 Å². The van der Waals surface area contributed by atoms with Crippen molar-refractivity contribution in [2.75, 3.05) is 0 Å². The average molecular weight is 1380 g/mol. The summed E-state index contributed by atoms with van der Waals surface area (Å²) in [4.78, 5) is 21.8. The number of ether oxygens (including phenoxy) is 2. The predicted molar refractivity (Wildman–Crippen MR) is 431 cm³/mol. The number of benzene rings is 15. The molecule has 2 spiro atoms. The molecule has 5 aliphatic carbocycles. The van der Waals surface area contributed by atoms with Crippen LogP contribution in [0.2, 0.25) is 0 Å². The van der Waals surface area contributed by atoms with Gasteiger partial charge in [0, 0.05) is 67.5 Å².